The van der Waals surface area contributed by atoms with Crippen molar-refractivity contribution in [3.63, 3.8) is 0 Å². The van der Waals surface area contributed by atoms with E-state index in [1.165, 1.54) is 32.1 Å². The lowest BCUT2D eigenvalue weighted by molar-refractivity contribution is 0.281. The number of anilines is 2. The number of hydrogen-bond donors (Lipinski definition) is 3. The Labute approximate surface area is 170 Å². The van der Waals surface area contributed by atoms with Gasteiger partial charge in [0, 0.05) is 12.1 Å². The molecule has 1 saturated carbocycles. The van der Waals surface area contributed by atoms with Crippen molar-refractivity contribution in [3.8, 4) is 5.75 Å². The third-order valence-corrected chi connectivity index (χ3v) is 5.64. The molecular formula is C21H28N6O2. The highest BCUT2D eigenvalue weighted by molar-refractivity contribution is 5.86. The molecule has 0 aliphatic heterocycles. The number of nitrogens with one attached hydrogen (secondary N) is 1. The summed E-state index contributed by atoms with van der Waals surface area (Å²) >= 11 is 0. The van der Waals surface area contributed by atoms with Crippen LogP contribution < -0.4 is 15.8 Å². The largest absolute Gasteiger partial charge is 0.496 e. The first-order chi connectivity index (χ1) is 14.2. The van der Waals surface area contributed by atoms with Gasteiger partial charge < -0.3 is 20.9 Å². The van der Waals surface area contributed by atoms with E-state index in [1.807, 2.05) is 22.9 Å². The SMILES string of the molecule is COc1cc(CO)ccc1Cn1ncc2nc(N)nc(NCC3CCCCC3)c21. The maximum absolute atomic E-state index is 9.37. The van der Waals surface area contributed by atoms with Gasteiger partial charge in [0.05, 0.1) is 26.5 Å². The number of hydrogen-bond acceptors (Lipinski definition) is 7. The van der Waals surface area contributed by atoms with E-state index < -0.39 is 0 Å². The van der Waals surface area contributed by atoms with Crippen LogP contribution in [0.15, 0.2) is 24.4 Å². The molecule has 8 nitrogen and oxygen atoms in total. The summed E-state index contributed by atoms with van der Waals surface area (Å²) in [7, 11) is 1.63. The van der Waals surface area contributed by atoms with Crippen LogP contribution in [0.5, 0.6) is 5.75 Å². The molecule has 154 valence electrons. The normalized spacial score (nSPS) is 15.0. The van der Waals surface area contributed by atoms with E-state index in [4.69, 9.17) is 10.5 Å². The van der Waals surface area contributed by atoms with Crippen LogP contribution in [0.1, 0.15) is 43.2 Å². The van der Waals surface area contributed by atoms with Crippen LogP contribution in [0.25, 0.3) is 11.0 Å². The fraction of sp³-hybridized carbons (Fsp3) is 0.476. The summed E-state index contributed by atoms with van der Waals surface area (Å²) in [6.07, 6.45) is 8.16. The number of nitrogens with zero attached hydrogens (tertiary/aromatic N) is 4. The number of aliphatic hydroxyl groups excluding tert-OH is 1. The molecule has 4 N–H and O–H groups in total. The fourth-order valence-corrected chi connectivity index (χ4v) is 4.07. The van der Waals surface area contributed by atoms with Gasteiger partial charge in [-0.15, -0.1) is 0 Å². The summed E-state index contributed by atoms with van der Waals surface area (Å²) < 4.78 is 7.38. The van der Waals surface area contributed by atoms with Crippen LogP contribution in [0.2, 0.25) is 0 Å². The van der Waals surface area contributed by atoms with Gasteiger partial charge in [-0.25, -0.2) is 4.98 Å². The summed E-state index contributed by atoms with van der Waals surface area (Å²) in [5.74, 6) is 2.35. The second-order valence-electron chi connectivity index (χ2n) is 7.66. The number of nitrogens with two attached hydrogens (primary N) is 1. The Morgan fingerprint density at radius 2 is 2.07 bits per heavy atom. The molecule has 29 heavy (non-hydrogen) atoms. The van der Waals surface area contributed by atoms with Gasteiger partial charge in [0.25, 0.3) is 0 Å². The van der Waals surface area contributed by atoms with Crippen molar-refractivity contribution in [2.45, 2.75) is 45.3 Å². The molecule has 0 amide bonds. The molecule has 0 spiro atoms. The second kappa shape index (κ2) is 8.65. The van der Waals surface area contributed by atoms with E-state index in [2.05, 4.69) is 20.4 Å². The van der Waals surface area contributed by atoms with Crippen molar-refractivity contribution in [1.82, 2.24) is 19.7 Å². The first-order valence-corrected chi connectivity index (χ1v) is 10.2. The van der Waals surface area contributed by atoms with E-state index in [9.17, 15) is 5.11 Å². The zero-order valence-electron chi connectivity index (χ0n) is 16.8. The molecule has 2 aromatic heterocycles. The highest BCUT2D eigenvalue weighted by Gasteiger charge is 2.17. The van der Waals surface area contributed by atoms with Crippen molar-refractivity contribution < 1.29 is 9.84 Å². The third-order valence-electron chi connectivity index (χ3n) is 5.64. The van der Waals surface area contributed by atoms with E-state index in [1.54, 1.807) is 13.3 Å². The first-order valence-electron chi connectivity index (χ1n) is 10.2. The first kappa shape index (κ1) is 19.4. The molecule has 1 aliphatic carbocycles. The Kier molecular flexibility index (Phi) is 5.80. The lowest BCUT2D eigenvalue weighted by atomic mass is 9.89. The maximum atomic E-state index is 9.37. The van der Waals surface area contributed by atoms with E-state index >= 15 is 0 Å². The average Bonchev–Trinajstić information content (AvgIpc) is 3.15. The number of methoxy groups -OCH3 is 1. The highest BCUT2D eigenvalue weighted by atomic mass is 16.5. The predicted molar refractivity (Wildman–Crippen MR) is 113 cm³/mol. The van der Waals surface area contributed by atoms with Gasteiger partial charge >= 0.3 is 0 Å². The van der Waals surface area contributed by atoms with Crippen molar-refractivity contribution in [2.24, 2.45) is 5.92 Å². The molecule has 1 aromatic carbocycles. The topological polar surface area (TPSA) is 111 Å². The lowest BCUT2D eigenvalue weighted by Crippen LogP contribution is -2.19. The van der Waals surface area contributed by atoms with Crippen molar-refractivity contribution >= 4 is 22.8 Å². The van der Waals surface area contributed by atoms with Gasteiger partial charge in [-0.3, -0.25) is 4.68 Å². The summed E-state index contributed by atoms with van der Waals surface area (Å²) in [6.45, 7) is 1.36. The highest BCUT2D eigenvalue weighted by Crippen LogP contribution is 2.28. The molecule has 4 rings (SSSR count). The zero-order valence-corrected chi connectivity index (χ0v) is 16.8. The predicted octanol–water partition coefficient (Wildman–Crippen LogP) is 2.95. The fourth-order valence-electron chi connectivity index (χ4n) is 4.07. The number of ether oxygens (including phenoxy) is 1. The van der Waals surface area contributed by atoms with Gasteiger partial charge in [0.15, 0.2) is 5.82 Å². The molecule has 2 heterocycles. The molecule has 0 bridgehead atoms. The molecule has 1 fully saturated rings. The van der Waals surface area contributed by atoms with Gasteiger partial charge in [0.2, 0.25) is 5.95 Å². The summed E-state index contributed by atoms with van der Waals surface area (Å²) in [5, 5.41) is 17.4. The van der Waals surface area contributed by atoms with Gasteiger partial charge in [-0.1, -0.05) is 31.4 Å². The smallest absolute Gasteiger partial charge is 0.222 e. The number of benzene rings is 1. The van der Waals surface area contributed by atoms with Crippen LogP contribution in [-0.2, 0) is 13.2 Å². The average molecular weight is 396 g/mol. The number of fused-ring (bicyclic) bond motifs is 1. The Bertz CT molecular complexity index is 981. The number of nitrogen functional groups attached to an aromatic ring is 1. The number of aromatic nitrogens is 4. The van der Waals surface area contributed by atoms with E-state index in [-0.39, 0.29) is 12.6 Å². The minimum atomic E-state index is -0.0241. The molecular weight excluding hydrogens is 368 g/mol. The van der Waals surface area contributed by atoms with Crippen molar-refractivity contribution in [3.05, 3.63) is 35.5 Å². The van der Waals surface area contributed by atoms with Gasteiger partial charge in [-0.05, 0) is 30.4 Å². The van der Waals surface area contributed by atoms with Crippen molar-refractivity contribution in [2.75, 3.05) is 24.7 Å². The molecule has 0 unspecified atom stereocenters. The number of aliphatic hydroxyl groups is 1. The van der Waals surface area contributed by atoms with Crippen LogP contribution in [0.3, 0.4) is 0 Å². The Hall–Kier alpha value is -2.87. The quantitative estimate of drug-likeness (QED) is 0.563. The Morgan fingerprint density at radius 1 is 1.24 bits per heavy atom. The molecule has 8 heteroatoms. The Morgan fingerprint density at radius 3 is 2.83 bits per heavy atom. The van der Waals surface area contributed by atoms with E-state index in [0.29, 0.717) is 18.2 Å². The minimum Gasteiger partial charge on any atom is -0.496 e. The zero-order chi connectivity index (χ0) is 20.2. The number of rotatable bonds is 7. The minimum absolute atomic E-state index is 0.0241. The van der Waals surface area contributed by atoms with Gasteiger partial charge in [-0.2, -0.15) is 10.1 Å². The molecule has 0 atom stereocenters. The Balaban J connectivity index is 1.63. The van der Waals surface area contributed by atoms with Crippen molar-refractivity contribution in [1.29, 1.82) is 0 Å². The molecule has 0 saturated heterocycles. The standard InChI is InChI=1S/C21H28N6O2/c1-29-18-9-15(13-28)7-8-16(18)12-27-19-17(11-24-27)25-21(22)26-20(19)23-10-14-5-3-2-4-6-14/h7-9,11,14,28H,2-6,10,12-13H2,1H3,(H3,22,23,25,26). The van der Waals surface area contributed by atoms with Crippen LogP contribution in [0.4, 0.5) is 11.8 Å². The maximum Gasteiger partial charge on any atom is 0.222 e. The summed E-state index contributed by atoms with van der Waals surface area (Å²) in [6, 6.07) is 5.68. The van der Waals surface area contributed by atoms with Crippen LogP contribution in [0, 0.1) is 5.92 Å². The summed E-state index contributed by atoms with van der Waals surface area (Å²) in [5.41, 5.74) is 9.25. The van der Waals surface area contributed by atoms with E-state index in [0.717, 1.165) is 34.5 Å². The van der Waals surface area contributed by atoms with Gasteiger partial charge in [0.1, 0.15) is 16.8 Å². The monoisotopic (exact) mass is 396 g/mol. The van der Waals surface area contributed by atoms with Crippen LogP contribution >= 0.6 is 0 Å². The van der Waals surface area contributed by atoms with Crippen LogP contribution in [-0.4, -0.2) is 38.5 Å². The second-order valence-corrected chi connectivity index (χ2v) is 7.66. The lowest BCUT2D eigenvalue weighted by Gasteiger charge is -2.22. The summed E-state index contributed by atoms with van der Waals surface area (Å²) in [4.78, 5) is 8.80. The molecule has 1 aliphatic rings. The molecule has 3 aromatic rings. The molecule has 0 radical (unpaired) electrons. The third kappa shape index (κ3) is 4.27.